The van der Waals surface area contributed by atoms with Crippen molar-refractivity contribution in [2.45, 2.75) is 72.9 Å². The molecule has 0 amide bonds. The van der Waals surface area contributed by atoms with Gasteiger partial charge in [-0.1, -0.05) is 6.07 Å². The van der Waals surface area contributed by atoms with Crippen molar-refractivity contribution in [2.75, 3.05) is 0 Å². The summed E-state index contributed by atoms with van der Waals surface area (Å²) in [5.74, 6) is 0. The molecule has 4 atom stereocenters. The Bertz CT molecular complexity index is 633. The molecule has 27 heavy (non-hydrogen) atoms. The average molecular weight is 596 g/mol. The van der Waals surface area contributed by atoms with Crippen molar-refractivity contribution >= 4 is 11.4 Å². The lowest BCUT2D eigenvalue weighted by Gasteiger charge is -2.30. The van der Waals surface area contributed by atoms with E-state index in [4.69, 9.17) is 0 Å². The zero-order valence-corrected chi connectivity index (χ0v) is 21.8. The molecule has 2 aliphatic heterocycles. The molecule has 6 heteroatoms. The van der Waals surface area contributed by atoms with Gasteiger partial charge in [0, 0.05) is 38.1 Å². The van der Waals surface area contributed by atoms with E-state index in [1.54, 1.807) is 0 Å². The zero-order chi connectivity index (χ0) is 18.3. The predicted molar refractivity (Wildman–Crippen MR) is 104 cm³/mol. The summed E-state index contributed by atoms with van der Waals surface area (Å²) in [7, 11) is 0. The minimum absolute atomic E-state index is 0. The lowest BCUT2D eigenvalue weighted by Crippen LogP contribution is -3.08. The van der Waals surface area contributed by atoms with Crippen molar-refractivity contribution in [2.24, 2.45) is 0 Å². The van der Waals surface area contributed by atoms with Gasteiger partial charge in [-0.05, 0) is 34.6 Å². The Balaban J connectivity index is 0.00000182. The summed E-state index contributed by atoms with van der Waals surface area (Å²) >= 11 is 0. The van der Waals surface area contributed by atoms with E-state index in [2.05, 4.69) is 101 Å². The molecule has 0 spiro atoms. The van der Waals surface area contributed by atoms with Gasteiger partial charge < -0.3 is 57.8 Å². The van der Waals surface area contributed by atoms with E-state index in [1.165, 1.54) is 26.7 Å². The van der Waals surface area contributed by atoms with E-state index in [0.717, 1.165) is 0 Å². The molecule has 0 aromatic heterocycles. The van der Waals surface area contributed by atoms with Crippen LogP contribution >= 0.6 is 0 Å². The lowest BCUT2D eigenvalue weighted by atomic mass is 10.1. The molecule has 0 saturated carbocycles. The van der Waals surface area contributed by atoms with E-state index in [1.807, 2.05) is 0 Å². The standard InChI is InChI=1S/C21H32N4.2HI/c1-15(2)22-11-13-24(18(22)6)20-9-8-10-21(17(20)5)25-14-12-23(16(3)4)19(25)7;;/h8-16,18-19H,1-7H3;2*1H/t18-,19+;;. The van der Waals surface area contributed by atoms with Crippen LogP contribution in [-0.2, 0) is 0 Å². The number of halogens is 2. The highest BCUT2D eigenvalue weighted by Crippen LogP contribution is 2.21. The Hall–Kier alpha value is -0.320. The fourth-order valence-corrected chi connectivity index (χ4v) is 4.32. The van der Waals surface area contributed by atoms with E-state index >= 15 is 0 Å². The summed E-state index contributed by atoms with van der Waals surface area (Å²) in [4.78, 5) is 7.74. The largest absolute Gasteiger partial charge is 1.00 e. The third kappa shape index (κ3) is 4.64. The third-order valence-electron chi connectivity index (χ3n) is 5.80. The molecule has 2 heterocycles. The van der Waals surface area contributed by atoms with Crippen LogP contribution in [0, 0.1) is 6.92 Å². The molecule has 2 N–H and O–H groups in total. The molecule has 0 fully saturated rings. The molecule has 0 saturated heterocycles. The summed E-state index contributed by atoms with van der Waals surface area (Å²) in [6.07, 6.45) is 9.97. The van der Waals surface area contributed by atoms with Crippen LogP contribution in [0.4, 0.5) is 11.4 Å². The molecular weight excluding hydrogens is 562 g/mol. The van der Waals surface area contributed by atoms with Crippen molar-refractivity contribution < 1.29 is 57.8 Å². The van der Waals surface area contributed by atoms with E-state index in [9.17, 15) is 0 Å². The van der Waals surface area contributed by atoms with Crippen LogP contribution in [0.2, 0.25) is 0 Å². The maximum atomic E-state index is 2.44. The Morgan fingerprint density at radius 2 is 1.15 bits per heavy atom. The fraction of sp³-hybridized carbons (Fsp3) is 0.524. The molecular formula is C21H34I2N4. The van der Waals surface area contributed by atoms with E-state index < -0.39 is 0 Å². The summed E-state index contributed by atoms with van der Waals surface area (Å²) in [5.41, 5.74) is 4.18. The van der Waals surface area contributed by atoms with Crippen LogP contribution in [0.25, 0.3) is 0 Å². The highest BCUT2D eigenvalue weighted by atomic mass is 127. The SMILES string of the molecule is Cc1c([NH+]2C=CN(C(C)C)[C@H]2C)cccc1[NH+]1C=CN(C(C)C)[C@@H]1C.[I-].[I-]. The van der Waals surface area contributed by atoms with Gasteiger partial charge in [0.2, 0.25) is 0 Å². The maximum Gasteiger partial charge on any atom is 0.169 e. The van der Waals surface area contributed by atoms with Gasteiger partial charge in [-0.3, -0.25) is 9.80 Å². The zero-order valence-electron chi connectivity index (χ0n) is 17.5. The second-order valence-electron chi connectivity index (χ2n) is 7.95. The van der Waals surface area contributed by atoms with Gasteiger partial charge in [-0.2, -0.15) is 0 Å². The number of rotatable bonds is 4. The van der Waals surface area contributed by atoms with E-state index in [-0.39, 0.29) is 48.0 Å². The van der Waals surface area contributed by atoms with Crippen molar-refractivity contribution in [1.82, 2.24) is 9.80 Å². The van der Waals surface area contributed by atoms with Crippen LogP contribution in [-0.4, -0.2) is 34.2 Å². The molecule has 0 aliphatic carbocycles. The predicted octanol–water partition coefficient (Wildman–Crippen LogP) is -3.88. The second-order valence-corrected chi connectivity index (χ2v) is 7.95. The minimum atomic E-state index is 0. The molecule has 2 aliphatic rings. The topological polar surface area (TPSA) is 15.4 Å². The first kappa shape index (κ1) is 24.7. The van der Waals surface area contributed by atoms with Crippen LogP contribution < -0.4 is 57.8 Å². The Morgan fingerprint density at radius 3 is 1.44 bits per heavy atom. The van der Waals surface area contributed by atoms with Crippen molar-refractivity contribution in [3.63, 3.8) is 0 Å². The Labute approximate surface area is 199 Å². The normalized spacial score (nSPS) is 26.7. The molecule has 1 aromatic carbocycles. The average Bonchev–Trinajstić information content (AvgIpc) is 3.11. The maximum absolute atomic E-state index is 2.44. The van der Waals surface area contributed by atoms with Gasteiger partial charge in [0.05, 0.1) is 18.0 Å². The van der Waals surface area contributed by atoms with Gasteiger partial charge >= 0.3 is 0 Å². The summed E-state index contributed by atoms with van der Waals surface area (Å²) in [6, 6.07) is 7.83. The second kappa shape index (κ2) is 9.93. The number of hydrogen-bond acceptors (Lipinski definition) is 2. The van der Waals surface area contributed by atoms with E-state index in [0.29, 0.717) is 24.4 Å². The number of nitrogens with zero attached hydrogens (tertiary/aromatic N) is 2. The van der Waals surface area contributed by atoms with Crippen molar-refractivity contribution in [3.8, 4) is 0 Å². The molecule has 0 bridgehead atoms. The van der Waals surface area contributed by atoms with Gasteiger partial charge in [-0.25, -0.2) is 0 Å². The molecule has 1 aromatic rings. The molecule has 4 nitrogen and oxygen atoms in total. The number of hydrogen-bond donors (Lipinski definition) is 2. The van der Waals surface area contributed by atoms with Crippen molar-refractivity contribution in [1.29, 1.82) is 0 Å². The number of nitrogens with one attached hydrogen (secondary N) is 2. The lowest BCUT2D eigenvalue weighted by molar-refractivity contribution is -0.814. The Morgan fingerprint density at radius 1 is 0.778 bits per heavy atom. The smallest absolute Gasteiger partial charge is 0.169 e. The van der Waals surface area contributed by atoms with Crippen LogP contribution in [0.5, 0.6) is 0 Å². The molecule has 2 unspecified atom stereocenters. The Kier molecular flexibility index (Phi) is 9.09. The quantitative estimate of drug-likeness (QED) is 0.347. The molecule has 0 radical (unpaired) electrons. The first-order valence-electron chi connectivity index (χ1n) is 9.58. The first-order chi connectivity index (χ1) is 11.8. The van der Waals surface area contributed by atoms with Gasteiger partial charge in [0.1, 0.15) is 23.8 Å². The van der Waals surface area contributed by atoms with Crippen LogP contribution in [0.3, 0.4) is 0 Å². The minimum Gasteiger partial charge on any atom is -1.00 e. The van der Waals surface area contributed by atoms with Crippen molar-refractivity contribution in [3.05, 3.63) is 48.6 Å². The number of quaternary nitrogens is 2. The molecule has 3 rings (SSSR count). The summed E-state index contributed by atoms with van der Waals surface area (Å²) in [5, 5.41) is 0. The van der Waals surface area contributed by atoms with Crippen LogP contribution in [0.1, 0.15) is 47.1 Å². The molecule has 152 valence electrons. The van der Waals surface area contributed by atoms with Crippen LogP contribution in [0.15, 0.2) is 43.0 Å². The highest BCUT2D eigenvalue weighted by molar-refractivity contribution is 5.52. The summed E-state index contributed by atoms with van der Waals surface area (Å²) < 4.78 is 0. The third-order valence-corrected chi connectivity index (χ3v) is 5.80. The fourth-order valence-electron chi connectivity index (χ4n) is 4.32. The van der Waals surface area contributed by atoms with Gasteiger partial charge in [0.15, 0.2) is 12.3 Å². The van der Waals surface area contributed by atoms with Gasteiger partial charge in [0.25, 0.3) is 0 Å². The highest BCUT2D eigenvalue weighted by Gasteiger charge is 2.35. The number of benzene rings is 1. The first-order valence-corrected chi connectivity index (χ1v) is 9.58. The summed E-state index contributed by atoms with van der Waals surface area (Å²) in [6.45, 7) is 15.9. The van der Waals surface area contributed by atoms with Gasteiger partial charge in [-0.15, -0.1) is 0 Å². The monoisotopic (exact) mass is 596 g/mol.